The van der Waals surface area contributed by atoms with Crippen LogP contribution >= 0.6 is 0 Å². The molecule has 9 rings (SSSR count). The number of aliphatic hydroxyl groups is 1. The number of ether oxygens (including phenoxy) is 7. The Bertz CT molecular complexity index is 2170. The number of imidazole rings is 1. The predicted molar refractivity (Wildman–Crippen MR) is 199 cm³/mol. The summed E-state index contributed by atoms with van der Waals surface area (Å²) in [6, 6.07) is 27.8. The average Bonchev–Trinajstić information content (AvgIpc) is 3.99. The molecule has 3 aliphatic heterocycles. The lowest BCUT2D eigenvalue weighted by atomic mass is 9.80. The zero-order valence-corrected chi connectivity index (χ0v) is 31.5. The van der Waals surface area contributed by atoms with Gasteiger partial charge in [0.1, 0.15) is 42.1 Å². The van der Waals surface area contributed by atoms with Crippen molar-refractivity contribution in [2.45, 2.75) is 94.1 Å². The Kier molecular flexibility index (Phi) is 8.96. The van der Waals surface area contributed by atoms with Gasteiger partial charge in [-0.25, -0.2) is 9.97 Å². The second kappa shape index (κ2) is 13.6. The summed E-state index contributed by atoms with van der Waals surface area (Å²) in [4.78, 5) is 23.4. The van der Waals surface area contributed by atoms with Crippen molar-refractivity contribution in [2.75, 3.05) is 20.3 Å². The van der Waals surface area contributed by atoms with Crippen LogP contribution in [0.4, 0.5) is 0 Å². The molecule has 4 aliphatic rings. The van der Waals surface area contributed by atoms with Gasteiger partial charge in [-0.1, -0.05) is 72.8 Å². The summed E-state index contributed by atoms with van der Waals surface area (Å²) < 4.78 is 48.2. The van der Waals surface area contributed by atoms with Gasteiger partial charge in [0.2, 0.25) is 0 Å². The van der Waals surface area contributed by atoms with Gasteiger partial charge in [-0.3, -0.25) is 13.9 Å². The molecule has 1 aliphatic carbocycles. The van der Waals surface area contributed by atoms with E-state index in [1.165, 1.54) is 6.33 Å². The number of benzene rings is 3. The van der Waals surface area contributed by atoms with Gasteiger partial charge in [0.15, 0.2) is 29.0 Å². The summed E-state index contributed by atoms with van der Waals surface area (Å²) in [6.07, 6.45) is 0.518. The fourth-order valence-corrected chi connectivity index (χ4v) is 9.00. The van der Waals surface area contributed by atoms with Crippen LogP contribution in [0, 0.1) is 5.92 Å². The summed E-state index contributed by atoms with van der Waals surface area (Å²) in [5, 5.41) is 10.1. The number of hydrogen-bond acceptors (Lipinski definition) is 11. The monoisotopic (exact) mass is 750 g/mol. The Morgan fingerprint density at radius 3 is 1.98 bits per heavy atom. The van der Waals surface area contributed by atoms with E-state index in [0.29, 0.717) is 12.1 Å². The van der Waals surface area contributed by atoms with Crippen LogP contribution in [0.2, 0.25) is 0 Å². The highest BCUT2D eigenvalue weighted by molar-refractivity contribution is 5.69. The minimum absolute atomic E-state index is 0.0705. The minimum Gasteiger partial charge on any atom is -0.497 e. The molecule has 3 saturated heterocycles. The van der Waals surface area contributed by atoms with Crippen LogP contribution in [0.3, 0.4) is 0 Å². The fourth-order valence-electron chi connectivity index (χ4n) is 9.00. The lowest BCUT2D eigenvalue weighted by Gasteiger charge is -2.37. The molecule has 13 nitrogen and oxygen atoms in total. The molecule has 5 aromatic rings. The Hall–Kier alpha value is -4.47. The SMILES string of the molecule is COc1ccc(C(OC[C@H]2O[C@@H](n3cnc4c(=O)n([C@@H]5C[C@H](CO)[C@H]6OC(C)(C)O[C@H]65)cnc43)[C@@H]3OC(C)(C)O[C@@H]32)(c2ccccc2)c2ccccc2)cc1. The number of aromatic nitrogens is 4. The van der Waals surface area contributed by atoms with E-state index < -0.39 is 47.8 Å². The smallest absolute Gasteiger partial charge is 0.281 e. The standard InChI is InChI=1S/C42H46N4O9/c1-40(2)52-33-25(21-47)20-30(34(33)53-40)45-24-44-37-32(38(45)48)43-23-46(37)39-36-35(54-41(3,4)55-36)31(51-39)22-50-42(26-12-8-6-9-13-26,27-14-10-7-11-15-27)28-16-18-29(49-5)19-17-28/h6-19,23-25,30-31,33-36,39,47H,20-22H2,1-5H3/t25-,30-,31-,33-,34+,35-,36-,39-/m1/s1. The summed E-state index contributed by atoms with van der Waals surface area (Å²) >= 11 is 0. The van der Waals surface area contributed by atoms with E-state index in [1.54, 1.807) is 22.6 Å². The molecule has 0 amide bonds. The largest absolute Gasteiger partial charge is 0.497 e. The van der Waals surface area contributed by atoms with Crippen LogP contribution in [0.15, 0.2) is 102 Å². The number of methoxy groups -OCH3 is 1. The molecule has 8 atom stereocenters. The molecule has 55 heavy (non-hydrogen) atoms. The molecule has 0 spiro atoms. The molecule has 4 fully saturated rings. The third-order valence-electron chi connectivity index (χ3n) is 11.4. The highest BCUT2D eigenvalue weighted by Crippen LogP contribution is 2.48. The van der Waals surface area contributed by atoms with E-state index in [9.17, 15) is 9.90 Å². The van der Waals surface area contributed by atoms with Crippen LogP contribution in [0.25, 0.3) is 11.2 Å². The first-order valence-corrected chi connectivity index (χ1v) is 18.8. The van der Waals surface area contributed by atoms with Gasteiger partial charge in [0.25, 0.3) is 5.56 Å². The van der Waals surface area contributed by atoms with Crippen LogP contribution < -0.4 is 10.3 Å². The Morgan fingerprint density at radius 2 is 1.35 bits per heavy atom. The number of rotatable bonds is 10. The minimum atomic E-state index is -1.02. The van der Waals surface area contributed by atoms with E-state index in [2.05, 4.69) is 29.2 Å². The van der Waals surface area contributed by atoms with Crippen molar-refractivity contribution in [1.82, 2.24) is 19.1 Å². The second-order valence-corrected chi connectivity index (χ2v) is 15.7. The molecule has 0 unspecified atom stereocenters. The predicted octanol–water partition coefficient (Wildman–Crippen LogP) is 5.10. The van der Waals surface area contributed by atoms with E-state index in [1.807, 2.05) is 88.4 Å². The molecule has 5 heterocycles. The molecule has 13 heteroatoms. The molecule has 1 N–H and O–H groups in total. The molecule has 0 bridgehead atoms. The van der Waals surface area contributed by atoms with Gasteiger partial charge in [0.05, 0.1) is 32.2 Å². The lowest BCUT2D eigenvalue weighted by molar-refractivity contribution is -0.204. The zero-order chi connectivity index (χ0) is 38.1. The van der Waals surface area contributed by atoms with Crippen molar-refractivity contribution in [3.63, 3.8) is 0 Å². The van der Waals surface area contributed by atoms with Crippen LogP contribution in [-0.4, -0.2) is 86.6 Å². The van der Waals surface area contributed by atoms with Crippen molar-refractivity contribution >= 4 is 11.2 Å². The summed E-state index contributed by atoms with van der Waals surface area (Å²) in [5.41, 5.74) is 2.02. The Morgan fingerprint density at radius 1 is 0.764 bits per heavy atom. The Labute approximate surface area is 318 Å². The van der Waals surface area contributed by atoms with E-state index in [0.717, 1.165) is 22.4 Å². The summed E-state index contributed by atoms with van der Waals surface area (Å²) in [5.74, 6) is -1.16. The Balaban J connectivity index is 1.06. The van der Waals surface area contributed by atoms with Crippen molar-refractivity contribution in [2.24, 2.45) is 5.92 Å². The maximum atomic E-state index is 14.1. The van der Waals surface area contributed by atoms with Crippen LogP contribution in [-0.2, 0) is 34.0 Å². The van der Waals surface area contributed by atoms with Crippen molar-refractivity contribution in [3.05, 3.63) is 125 Å². The molecule has 0 radical (unpaired) electrons. The molecule has 1 saturated carbocycles. The normalized spacial score (nSPS) is 29.4. The molecule has 2 aromatic heterocycles. The van der Waals surface area contributed by atoms with Crippen LogP contribution in [0.5, 0.6) is 5.75 Å². The third-order valence-corrected chi connectivity index (χ3v) is 11.4. The van der Waals surface area contributed by atoms with Gasteiger partial charge in [0, 0.05) is 12.5 Å². The average molecular weight is 751 g/mol. The number of aliphatic hydroxyl groups excluding tert-OH is 1. The first kappa shape index (κ1) is 36.2. The fraction of sp³-hybridized carbons (Fsp3) is 0.452. The lowest BCUT2D eigenvalue weighted by Crippen LogP contribution is -2.39. The highest BCUT2D eigenvalue weighted by Gasteiger charge is 2.58. The van der Waals surface area contributed by atoms with E-state index in [-0.39, 0.29) is 42.4 Å². The van der Waals surface area contributed by atoms with Gasteiger partial charge < -0.3 is 38.3 Å². The van der Waals surface area contributed by atoms with Gasteiger partial charge in [-0.05, 0) is 62.9 Å². The maximum absolute atomic E-state index is 14.1. The topological polar surface area (TPSA) is 138 Å². The molecule has 288 valence electrons. The molecular weight excluding hydrogens is 704 g/mol. The van der Waals surface area contributed by atoms with Gasteiger partial charge >= 0.3 is 0 Å². The van der Waals surface area contributed by atoms with E-state index in [4.69, 9.17) is 38.1 Å². The molecular formula is C42H46N4O9. The van der Waals surface area contributed by atoms with Crippen LogP contribution in [0.1, 0.15) is 63.1 Å². The number of fused-ring (bicyclic) bond motifs is 3. The zero-order valence-electron chi connectivity index (χ0n) is 31.5. The van der Waals surface area contributed by atoms with Crippen molar-refractivity contribution in [3.8, 4) is 5.75 Å². The van der Waals surface area contributed by atoms with E-state index >= 15 is 0 Å². The number of hydrogen-bond donors (Lipinski definition) is 1. The highest BCUT2D eigenvalue weighted by atomic mass is 16.8. The van der Waals surface area contributed by atoms with Gasteiger partial charge in [-0.15, -0.1) is 0 Å². The third kappa shape index (κ3) is 6.09. The van der Waals surface area contributed by atoms with Gasteiger partial charge in [-0.2, -0.15) is 0 Å². The summed E-state index contributed by atoms with van der Waals surface area (Å²) in [7, 11) is 1.65. The number of nitrogens with zero attached hydrogens (tertiary/aromatic N) is 4. The molecule has 3 aromatic carbocycles. The second-order valence-electron chi connectivity index (χ2n) is 15.7. The maximum Gasteiger partial charge on any atom is 0.281 e. The van der Waals surface area contributed by atoms with Crippen molar-refractivity contribution < 1.29 is 38.3 Å². The first-order chi connectivity index (χ1) is 26.5. The quantitative estimate of drug-likeness (QED) is 0.191. The first-order valence-electron chi connectivity index (χ1n) is 18.8. The summed E-state index contributed by atoms with van der Waals surface area (Å²) in [6.45, 7) is 7.50. The van der Waals surface area contributed by atoms with Crippen molar-refractivity contribution in [1.29, 1.82) is 0 Å².